The average Bonchev–Trinajstić information content (AvgIpc) is 2.92. The molecule has 0 N–H and O–H groups in total. The maximum Gasteiger partial charge on any atom is 0.266 e. The molecule has 5 heteroatoms. The molecule has 0 spiro atoms. The summed E-state index contributed by atoms with van der Waals surface area (Å²) in [6.45, 7) is 8.07. The first-order chi connectivity index (χ1) is 12.6. The van der Waals surface area contributed by atoms with Gasteiger partial charge in [-0.15, -0.1) is 13.2 Å². The number of amides is 3. The zero-order valence-corrected chi connectivity index (χ0v) is 14.2. The second-order valence-corrected chi connectivity index (χ2v) is 5.83. The summed E-state index contributed by atoms with van der Waals surface area (Å²) in [5.41, 5.74) is 1.50. The van der Waals surface area contributed by atoms with Crippen LogP contribution in [0.2, 0.25) is 0 Å². The van der Waals surface area contributed by atoms with Crippen LogP contribution in [0, 0.1) is 0 Å². The summed E-state index contributed by atoms with van der Waals surface area (Å²) in [4.78, 5) is 40.6. The summed E-state index contributed by atoms with van der Waals surface area (Å²) in [7, 11) is 0. The highest BCUT2D eigenvalue weighted by Gasteiger charge is 2.36. The number of fused-ring (bicyclic) bond motifs is 1. The second-order valence-electron chi connectivity index (χ2n) is 5.83. The van der Waals surface area contributed by atoms with E-state index in [2.05, 4.69) is 13.2 Å². The third-order valence-electron chi connectivity index (χ3n) is 4.13. The van der Waals surface area contributed by atoms with Crippen molar-refractivity contribution in [2.75, 3.05) is 18.0 Å². The fraction of sp³-hybridized carbons (Fsp3) is 0.0952. The van der Waals surface area contributed by atoms with Crippen LogP contribution in [0.5, 0.6) is 0 Å². The Bertz CT molecular complexity index is 872. The zero-order valence-electron chi connectivity index (χ0n) is 14.2. The lowest BCUT2D eigenvalue weighted by atomic mass is 10.1. The molecular formula is C21H18N2O3. The van der Waals surface area contributed by atoms with E-state index in [9.17, 15) is 14.4 Å². The molecule has 3 amide bonds. The number of benzene rings is 2. The van der Waals surface area contributed by atoms with Gasteiger partial charge in [-0.25, -0.2) is 4.90 Å². The Balaban J connectivity index is 1.94. The molecule has 0 radical (unpaired) electrons. The molecule has 0 aliphatic carbocycles. The molecule has 1 aliphatic heterocycles. The van der Waals surface area contributed by atoms with Gasteiger partial charge in [0.2, 0.25) is 0 Å². The number of nitrogens with zero attached hydrogens (tertiary/aromatic N) is 2. The van der Waals surface area contributed by atoms with E-state index in [1.165, 1.54) is 0 Å². The molecule has 3 rings (SSSR count). The maximum absolute atomic E-state index is 12.7. The van der Waals surface area contributed by atoms with Crippen molar-refractivity contribution >= 4 is 23.4 Å². The summed E-state index contributed by atoms with van der Waals surface area (Å²) < 4.78 is 0. The van der Waals surface area contributed by atoms with Gasteiger partial charge in [-0.3, -0.25) is 14.4 Å². The van der Waals surface area contributed by atoms with Crippen LogP contribution >= 0.6 is 0 Å². The number of hydrogen-bond acceptors (Lipinski definition) is 3. The lowest BCUT2D eigenvalue weighted by Gasteiger charge is -2.20. The van der Waals surface area contributed by atoms with Crippen molar-refractivity contribution in [3.8, 4) is 0 Å². The Hall–Kier alpha value is -3.47. The van der Waals surface area contributed by atoms with E-state index in [1.807, 2.05) is 0 Å². The van der Waals surface area contributed by atoms with Crippen LogP contribution < -0.4 is 4.90 Å². The predicted octanol–water partition coefficient (Wildman–Crippen LogP) is 3.30. The number of imide groups is 1. The normalized spacial score (nSPS) is 12.7. The zero-order chi connectivity index (χ0) is 18.7. The molecule has 1 aliphatic rings. The third kappa shape index (κ3) is 2.95. The van der Waals surface area contributed by atoms with Crippen molar-refractivity contribution in [3.63, 3.8) is 0 Å². The fourth-order valence-corrected chi connectivity index (χ4v) is 2.94. The van der Waals surface area contributed by atoms with Gasteiger partial charge < -0.3 is 4.90 Å². The number of carbonyl (C=O) groups is 3. The van der Waals surface area contributed by atoms with Crippen LogP contribution in [0.1, 0.15) is 31.1 Å². The summed E-state index contributed by atoms with van der Waals surface area (Å²) in [6.07, 6.45) is 3.27. The van der Waals surface area contributed by atoms with E-state index in [4.69, 9.17) is 0 Å². The van der Waals surface area contributed by atoms with E-state index >= 15 is 0 Å². The van der Waals surface area contributed by atoms with Crippen molar-refractivity contribution in [2.45, 2.75) is 0 Å². The molecular weight excluding hydrogens is 328 g/mol. The SMILES string of the molecule is C=CCN(CC=C)C(=O)c1cccc(N2C(=O)c3ccccc3C2=O)c1. The van der Waals surface area contributed by atoms with Gasteiger partial charge in [-0.05, 0) is 30.3 Å². The molecule has 0 unspecified atom stereocenters. The second kappa shape index (κ2) is 7.19. The van der Waals surface area contributed by atoms with Crippen LogP contribution in [0.15, 0.2) is 73.8 Å². The lowest BCUT2D eigenvalue weighted by Crippen LogP contribution is -2.32. The molecule has 1 heterocycles. The predicted molar refractivity (Wildman–Crippen MR) is 100 cm³/mol. The topological polar surface area (TPSA) is 57.7 Å². The van der Waals surface area contributed by atoms with E-state index in [-0.39, 0.29) is 17.7 Å². The summed E-state index contributed by atoms with van der Waals surface area (Å²) in [6, 6.07) is 13.2. The first kappa shape index (κ1) is 17.4. The lowest BCUT2D eigenvalue weighted by molar-refractivity contribution is 0.0789. The van der Waals surface area contributed by atoms with Crippen LogP contribution in [0.3, 0.4) is 0 Å². The van der Waals surface area contributed by atoms with Gasteiger partial charge in [-0.2, -0.15) is 0 Å². The van der Waals surface area contributed by atoms with E-state index < -0.39 is 0 Å². The van der Waals surface area contributed by atoms with Gasteiger partial charge in [0.05, 0.1) is 16.8 Å². The van der Waals surface area contributed by atoms with E-state index in [0.29, 0.717) is 35.5 Å². The first-order valence-electron chi connectivity index (χ1n) is 8.17. The molecule has 0 aromatic heterocycles. The highest BCUT2D eigenvalue weighted by atomic mass is 16.2. The molecule has 5 nitrogen and oxygen atoms in total. The number of hydrogen-bond donors (Lipinski definition) is 0. The molecule has 26 heavy (non-hydrogen) atoms. The average molecular weight is 346 g/mol. The quantitative estimate of drug-likeness (QED) is 0.596. The minimum Gasteiger partial charge on any atom is -0.331 e. The van der Waals surface area contributed by atoms with Gasteiger partial charge in [0.15, 0.2) is 0 Å². The summed E-state index contributed by atoms with van der Waals surface area (Å²) in [5.74, 6) is -0.989. The molecule has 0 fully saturated rings. The van der Waals surface area contributed by atoms with Crippen LogP contribution in [0.4, 0.5) is 5.69 Å². The minimum atomic E-state index is -0.385. The van der Waals surface area contributed by atoms with Gasteiger partial charge in [0.1, 0.15) is 0 Å². The molecule has 0 atom stereocenters. The van der Waals surface area contributed by atoms with Gasteiger partial charge in [-0.1, -0.05) is 30.4 Å². The summed E-state index contributed by atoms with van der Waals surface area (Å²) >= 11 is 0. The Morgan fingerprint density at radius 1 is 0.923 bits per heavy atom. The monoisotopic (exact) mass is 346 g/mol. The van der Waals surface area contributed by atoms with Crippen molar-refractivity contribution in [3.05, 3.63) is 90.5 Å². The highest BCUT2D eigenvalue weighted by Crippen LogP contribution is 2.28. The van der Waals surface area contributed by atoms with Crippen molar-refractivity contribution < 1.29 is 14.4 Å². The van der Waals surface area contributed by atoms with Crippen molar-refractivity contribution in [1.82, 2.24) is 4.90 Å². The Kier molecular flexibility index (Phi) is 4.80. The molecule has 0 saturated carbocycles. The first-order valence-corrected chi connectivity index (χ1v) is 8.17. The Morgan fingerprint density at radius 3 is 2.04 bits per heavy atom. The van der Waals surface area contributed by atoms with Crippen molar-refractivity contribution in [2.24, 2.45) is 0 Å². The standard InChI is InChI=1S/C21H18N2O3/c1-3-12-22(13-4-2)19(24)15-8-7-9-16(14-15)23-20(25)17-10-5-6-11-18(17)21(23)26/h3-11,14H,1-2,12-13H2. The van der Waals surface area contributed by atoms with Gasteiger partial charge >= 0.3 is 0 Å². The molecule has 0 bridgehead atoms. The highest BCUT2D eigenvalue weighted by molar-refractivity contribution is 6.34. The Morgan fingerprint density at radius 2 is 1.50 bits per heavy atom. The number of rotatable bonds is 6. The van der Waals surface area contributed by atoms with E-state index in [1.54, 1.807) is 65.6 Å². The molecule has 2 aromatic rings. The number of anilines is 1. The maximum atomic E-state index is 12.7. The van der Waals surface area contributed by atoms with Gasteiger partial charge in [0.25, 0.3) is 17.7 Å². The molecule has 130 valence electrons. The largest absolute Gasteiger partial charge is 0.331 e. The van der Waals surface area contributed by atoms with Crippen LogP contribution in [-0.2, 0) is 0 Å². The van der Waals surface area contributed by atoms with Crippen LogP contribution in [0.25, 0.3) is 0 Å². The van der Waals surface area contributed by atoms with Crippen molar-refractivity contribution in [1.29, 1.82) is 0 Å². The number of carbonyl (C=O) groups excluding carboxylic acids is 3. The Labute approximate surface area is 151 Å². The van der Waals surface area contributed by atoms with Gasteiger partial charge in [0, 0.05) is 18.7 Å². The molecule has 2 aromatic carbocycles. The smallest absolute Gasteiger partial charge is 0.266 e. The minimum absolute atomic E-state index is 0.219. The van der Waals surface area contributed by atoms with E-state index in [0.717, 1.165) is 4.90 Å². The van der Waals surface area contributed by atoms with Crippen LogP contribution in [-0.4, -0.2) is 35.7 Å². The fourth-order valence-electron chi connectivity index (χ4n) is 2.94. The summed E-state index contributed by atoms with van der Waals surface area (Å²) in [5, 5.41) is 0. The third-order valence-corrected chi connectivity index (χ3v) is 4.13. The molecule has 0 saturated heterocycles.